The number of nitrogens with one attached hydrogen (secondary N) is 1. The number of aromatic nitrogens is 1. The highest BCUT2D eigenvalue weighted by atomic mass is 16.6. The van der Waals surface area contributed by atoms with Crippen LogP contribution in [0.1, 0.15) is 27.2 Å². The standard InChI is InChI=1S/C15H19N3O4/c1-14(2,3)22-13(20)18-8-6-15(9-18)12(19)17-11-10(21-15)5-4-7-16-11/h4-5,7H,6,8-9H2,1-3H3,(H,16,17,19). The molecule has 1 saturated heterocycles. The Balaban J connectivity index is 1.77. The molecule has 1 spiro atoms. The number of likely N-dealkylation sites (tertiary alicyclic amines) is 1. The van der Waals surface area contributed by atoms with Gasteiger partial charge in [0.1, 0.15) is 5.60 Å². The van der Waals surface area contributed by atoms with Crippen LogP contribution in [0.4, 0.5) is 10.6 Å². The molecular weight excluding hydrogens is 286 g/mol. The van der Waals surface area contributed by atoms with Crippen molar-refractivity contribution in [1.82, 2.24) is 9.88 Å². The van der Waals surface area contributed by atoms with E-state index in [-0.39, 0.29) is 12.5 Å². The molecular formula is C15H19N3O4. The molecule has 0 saturated carbocycles. The number of hydrogen-bond acceptors (Lipinski definition) is 5. The Hall–Kier alpha value is -2.31. The molecule has 3 rings (SSSR count). The van der Waals surface area contributed by atoms with E-state index in [4.69, 9.17) is 9.47 Å². The number of carbonyl (C=O) groups is 2. The van der Waals surface area contributed by atoms with Gasteiger partial charge in [0.15, 0.2) is 11.6 Å². The summed E-state index contributed by atoms with van der Waals surface area (Å²) in [6, 6.07) is 3.49. The Labute approximate surface area is 128 Å². The second kappa shape index (κ2) is 4.86. The van der Waals surface area contributed by atoms with Gasteiger partial charge >= 0.3 is 6.09 Å². The van der Waals surface area contributed by atoms with Crippen LogP contribution in [0.3, 0.4) is 0 Å². The zero-order chi connectivity index (χ0) is 16.0. The highest BCUT2D eigenvalue weighted by molar-refractivity contribution is 6.00. The molecule has 0 bridgehead atoms. The van der Waals surface area contributed by atoms with Gasteiger partial charge in [-0.05, 0) is 32.9 Å². The van der Waals surface area contributed by atoms with Gasteiger partial charge in [-0.15, -0.1) is 0 Å². The summed E-state index contributed by atoms with van der Waals surface area (Å²) < 4.78 is 11.2. The lowest BCUT2D eigenvalue weighted by Crippen LogP contribution is -2.53. The quantitative estimate of drug-likeness (QED) is 0.790. The first kappa shape index (κ1) is 14.6. The molecule has 1 atom stereocenters. The fourth-order valence-electron chi connectivity index (χ4n) is 2.58. The van der Waals surface area contributed by atoms with Crippen LogP contribution in [0.25, 0.3) is 0 Å². The lowest BCUT2D eigenvalue weighted by molar-refractivity contribution is -0.131. The van der Waals surface area contributed by atoms with E-state index in [1.54, 1.807) is 18.3 Å². The highest BCUT2D eigenvalue weighted by Crippen LogP contribution is 2.37. The van der Waals surface area contributed by atoms with Gasteiger partial charge < -0.3 is 19.7 Å². The van der Waals surface area contributed by atoms with Crippen LogP contribution in [-0.2, 0) is 9.53 Å². The number of hydrogen-bond donors (Lipinski definition) is 1. The van der Waals surface area contributed by atoms with Gasteiger partial charge in [-0.3, -0.25) is 4.79 Å². The zero-order valence-electron chi connectivity index (χ0n) is 12.9. The van der Waals surface area contributed by atoms with Crippen LogP contribution in [0, 0.1) is 0 Å². The molecule has 22 heavy (non-hydrogen) atoms. The van der Waals surface area contributed by atoms with Crippen molar-refractivity contribution in [3.05, 3.63) is 18.3 Å². The predicted molar refractivity (Wildman–Crippen MR) is 78.6 cm³/mol. The molecule has 0 radical (unpaired) electrons. The molecule has 2 aliphatic rings. The molecule has 2 aliphatic heterocycles. The molecule has 2 amide bonds. The van der Waals surface area contributed by atoms with Crippen molar-refractivity contribution < 1.29 is 19.1 Å². The number of anilines is 1. The van der Waals surface area contributed by atoms with Gasteiger partial charge in [0.25, 0.3) is 5.91 Å². The van der Waals surface area contributed by atoms with Gasteiger partial charge in [0.2, 0.25) is 5.60 Å². The van der Waals surface area contributed by atoms with Crippen molar-refractivity contribution in [3.63, 3.8) is 0 Å². The molecule has 1 unspecified atom stereocenters. The lowest BCUT2D eigenvalue weighted by atomic mass is 10.0. The third-order valence-corrected chi connectivity index (χ3v) is 3.61. The first-order chi connectivity index (χ1) is 10.3. The third-order valence-electron chi connectivity index (χ3n) is 3.61. The molecule has 1 N–H and O–H groups in total. The van der Waals surface area contributed by atoms with Crippen LogP contribution in [0.15, 0.2) is 18.3 Å². The van der Waals surface area contributed by atoms with E-state index < -0.39 is 17.3 Å². The number of fused-ring (bicyclic) bond motifs is 1. The van der Waals surface area contributed by atoms with Gasteiger partial charge in [-0.2, -0.15) is 0 Å². The number of nitrogens with zero attached hydrogens (tertiary/aromatic N) is 2. The summed E-state index contributed by atoms with van der Waals surface area (Å²) in [6.45, 7) is 6.01. The first-order valence-corrected chi connectivity index (χ1v) is 7.23. The largest absolute Gasteiger partial charge is 0.472 e. The Morgan fingerprint density at radius 3 is 3.00 bits per heavy atom. The smallest absolute Gasteiger partial charge is 0.410 e. The molecule has 7 heteroatoms. The van der Waals surface area contributed by atoms with E-state index in [0.717, 1.165) is 0 Å². The minimum absolute atomic E-state index is 0.169. The summed E-state index contributed by atoms with van der Waals surface area (Å²) in [6.07, 6.45) is 1.58. The number of amides is 2. The van der Waals surface area contributed by atoms with E-state index in [2.05, 4.69) is 10.3 Å². The molecule has 118 valence electrons. The maximum atomic E-state index is 12.4. The molecule has 1 fully saturated rings. The SMILES string of the molecule is CC(C)(C)OC(=O)N1CCC2(C1)Oc1cccnc1NC2=O. The van der Waals surface area contributed by atoms with Crippen LogP contribution in [0.5, 0.6) is 5.75 Å². The maximum absolute atomic E-state index is 12.4. The van der Waals surface area contributed by atoms with Crippen molar-refractivity contribution >= 4 is 17.8 Å². The molecule has 1 aromatic rings. The second-order valence-corrected chi connectivity index (χ2v) is 6.55. The number of carbonyl (C=O) groups excluding carboxylic acids is 2. The number of rotatable bonds is 0. The average molecular weight is 305 g/mol. The Morgan fingerprint density at radius 2 is 2.27 bits per heavy atom. The number of pyridine rings is 1. The minimum atomic E-state index is -1.06. The van der Waals surface area contributed by atoms with Crippen molar-refractivity contribution in [1.29, 1.82) is 0 Å². The molecule has 0 aliphatic carbocycles. The summed E-state index contributed by atoms with van der Waals surface area (Å²) in [5.41, 5.74) is -1.63. The molecule has 0 aromatic carbocycles. The monoisotopic (exact) mass is 305 g/mol. The molecule has 3 heterocycles. The van der Waals surface area contributed by atoms with E-state index in [9.17, 15) is 9.59 Å². The average Bonchev–Trinajstić information content (AvgIpc) is 2.84. The highest BCUT2D eigenvalue weighted by Gasteiger charge is 2.51. The minimum Gasteiger partial charge on any atom is -0.472 e. The summed E-state index contributed by atoms with van der Waals surface area (Å²) >= 11 is 0. The molecule has 7 nitrogen and oxygen atoms in total. The van der Waals surface area contributed by atoms with Crippen molar-refractivity contribution in [2.24, 2.45) is 0 Å². The van der Waals surface area contributed by atoms with E-state index >= 15 is 0 Å². The van der Waals surface area contributed by atoms with E-state index in [1.165, 1.54) is 4.90 Å². The topological polar surface area (TPSA) is 80.8 Å². The zero-order valence-corrected chi connectivity index (χ0v) is 12.9. The lowest BCUT2D eigenvalue weighted by Gasteiger charge is -2.33. The Morgan fingerprint density at radius 1 is 1.50 bits per heavy atom. The van der Waals surface area contributed by atoms with Gasteiger partial charge in [0.05, 0.1) is 6.54 Å². The van der Waals surface area contributed by atoms with Crippen molar-refractivity contribution in [2.45, 2.75) is 38.4 Å². The van der Waals surface area contributed by atoms with Crippen LogP contribution < -0.4 is 10.1 Å². The van der Waals surface area contributed by atoms with Crippen LogP contribution in [-0.4, -0.2) is 46.2 Å². The van der Waals surface area contributed by atoms with Gasteiger partial charge in [0, 0.05) is 19.2 Å². The van der Waals surface area contributed by atoms with Crippen LogP contribution in [0.2, 0.25) is 0 Å². The maximum Gasteiger partial charge on any atom is 0.410 e. The normalized spacial score (nSPS) is 23.8. The van der Waals surface area contributed by atoms with Gasteiger partial charge in [-0.25, -0.2) is 9.78 Å². The predicted octanol–water partition coefficient (Wildman–Crippen LogP) is 1.79. The Kier molecular flexibility index (Phi) is 3.23. The summed E-state index contributed by atoms with van der Waals surface area (Å²) in [7, 11) is 0. The fourth-order valence-corrected chi connectivity index (χ4v) is 2.58. The summed E-state index contributed by atoms with van der Waals surface area (Å²) in [5, 5.41) is 2.75. The van der Waals surface area contributed by atoms with Crippen LogP contribution >= 0.6 is 0 Å². The number of ether oxygens (including phenoxy) is 2. The summed E-state index contributed by atoms with van der Waals surface area (Å²) in [5.74, 6) is 0.659. The van der Waals surface area contributed by atoms with Crippen molar-refractivity contribution in [2.75, 3.05) is 18.4 Å². The second-order valence-electron chi connectivity index (χ2n) is 6.55. The fraction of sp³-hybridized carbons (Fsp3) is 0.533. The third kappa shape index (κ3) is 2.58. The van der Waals surface area contributed by atoms with Gasteiger partial charge in [-0.1, -0.05) is 0 Å². The first-order valence-electron chi connectivity index (χ1n) is 7.23. The van der Waals surface area contributed by atoms with Crippen molar-refractivity contribution in [3.8, 4) is 5.75 Å². The van der Waals surface area contributed by atoms with E-state index in [0.29, 0.717) is 24.5 Å². The molecule has 1 aromatic heterocycles. The van der Waals surface area contributed by atoms with E-state index in [1.807, 2.05) is 20.8 Å². The Bertz CT molecular complexity index is 625. The summed E-state index contributed by atoms with van der Waals surface area (Å²) in [4.78, 5) is 30.1.